The van der Waals surface area contributed by atoms with E-state index in [1.165, 1.54) is 0 Å². The number of aromatic amines is 1. The van der Waals surface area contributed by atoms with Crippen molar-refractivity contribution in [3.05, 3.63) is 61.1 Å². The van der Waals surface area contributed by atoms with E-state index in [0.29, 0.717) is 0 Å². The predicted octanol–water partition coefficient (Wildman–Crippen LogP) is 3.27. The Bertz CT molecular complexity index is 944. The summed E-state index contributed by atoms with van der Waals surface area (Å²) in [5, 5.41) is 1.01. The van der Waals surface area contributed by atoms with E-state index in [-0.39, 0.29) is 5.95 Å². The zero-order valence-electron chi connectivity index (χ0n) is 11.7. The predicted molar refractivity (Wildman–Crippen MR) is 87.0 cm³/mol. The summed E-state index contributed by atoms with van der Waals surface area (Å²) in [7, 11) is 0. The van der Waals surface area contributed by atoms with Crippen molar-refractivity contribution < 1.29 is 0 Å². The van der Waals surface area contributed by atoms with E-state index in [1.807, 2.05) is 54.9 Å². The zero-order valence-corrected chi connectivity index (χ0v) is 11.7. The molecule has 0 saturated heterocycles. The van der Waals surface area contributed by atoms with Crippen LogP contribution in [0.25, 0.3) is 33.4 Å². The van der Waals surface area contributed by atoms with Gasteiger partial charge in [-0.05, 0) is 12.1 Å². The second kappa shape index (κ2) is 4.96. The monoisotopic (exact) mass is 287 g/mol. The van der Waals surface area contributed by atoms with E-state index in [0.717, 1.165) is 33.4 Å². The van der Waals surface area contributed by atoms with E-state index in [1.54, 1.807) is 6.20 Å². The fourth-order valence-electron chi connectivity index (χ4n) is 2.54. The SMILES string of the molecule is Nc1nc(-c2ccccc2)cc(-c2c[nH]c3ccncc23)n1. The number of nitrogens with zero attached hydrogens (tertiary/aromatic N) is 3. The van der Waals surface area contributed by atoms with Crippen LogP contribution in [-0.2, 0) is 0 Å². The Balaban J connectivity index is 1.91. The lowest BCUT2D eigenvalue weighted by Gasteiger charge is -2.05. The maximum absolute atomic E-state index is 5.90. The van der Waals surface area contributed by atoms with Crippen LogP contribution in [0.2, 0.25) is 0 Å². The standard InChI is InChI=1S/C17H13N5/c18-17-21-15(11-4-2-1-3-5-11)8-16(22-17)13-10-20-14-6-7-19-9-12(13)14/h1-10,20H,(H2,18,21,22). The average molecular weight is 287 g/mol. The normalized spacial score (nSPS) is 10.9. The minimum absolute atomic E-state index is 0.259. The molecule has 0 aliphatic heterocycles. The van der Waals surface area contributed by atoms with Crippen molar-refractivity contribution in [2.75, 3.05) is 5.73 Å². The molecule has 1 aromatic carbocycles. The van der Waals surface area contributed by atoms with Gasteiger partial charge in [-0.3, -0.25) is 4.98 Å². The molecule has 0 bridgehead atoms. The molecule has 4 aromatic rings. The Morgan fingerprint density at radius 2 is 1.77 bits per heavy atom. The van der Waals surface area contributed by atoms with Crippen LogP contribution in [0.4, 0.5) is 5.95 Å². The molecule has 0 aliphatic rings. The van der Waals surface area contributed by atoms with E-state index in [4.69, 9.17) is 5.73 Å². The van der Waals surface area contributed by atoms with Crippen molar-refractivity contribution in [3.8, 4) is 22.5 Å². The average Bonchev–Trinajstić information content (AvgIpc) is 2.99. The molecule has 106 valence electrons. The Labute approximate surface area is 126 Å². The fourth-order valence-corrected chi connectivity index (χ4v) is 2.54. The highest BCUT2D eigenvalue weighted by Gasteiger charge is 2.11. The topological polar surface area (TPSA) is 80.5 Å². The molecule has 0 saturated carbocycles. The first kappa shape index (κ1) is 12.5. The molecule has 3 aromatic heterocycles. The highest BCUT2D eigenvalue weighted by Crippen LogP contribution is 2.29. The summed E-state index contributed by atoms with van der Waals surface area (Å²) < 4.78 is 0. The smallest absolute Gasteiger partial charge is 0.221 e. The van der Waals surface area contributed by atoms with Crippen molar-refractivity contribution in [1.29, 1.82) is 0 Å². The van der Waals surface area contributed by atoms with Gasteiger partial charge in [0.2, 0.25) is 5.95 Å². The largest absolute Gasteiger partial charge is 0.368 e. The van der Waals surface area contributed by atoms with Gasteiger partial charge in [0.1, 0.15) is 0 Å². The molecule has 0 unspecified atom stereocenters. The number of nitrogens with one attached hydrogen (secondary N) is 1. The summed E-state index contributed by atoms with van der Waals surface area (Å²) in [6.07, 6.45) is 5.50. The lowest BCUT2D eigenvalue weighted by atomic mass is 10.1. The number of nitrogens with two attached hydrogens (primary N) is 1. The third-order valence-electron chi connectivity index (χ3n) is 3.57. The van der Waals surface area contributed by atoms with Crippen molar-refractivity contribution in [2.45, 2.75) is 0 Å². The van der Waals surface area contributed by atoms with Crippen molar-refractivity contribution in [3.63, 3.8) is 0 Å². The molecule has 5 heteroatoms. The van der Waals surface area contributed by atoms with E-state index in [2.05, 4.69) is 19.9 Å². The molecule has 3 N–H and O–H groups in total. The lowest BCUT2D eigenvalue weighted by Crippen LogP contribution is -1.98. The van der Waals surface area contributed by atoms with Crippen LogP contribution in [0.3, 0.4) is 0 Å². The number of fused-ring (bicyclic) bond motifs is 1. The number of rotatable bonds is 2. The van der Waals surface area contributed by atoms with Crippen LogP contribution in [0, 0.1) is 0 Å². The molecule has 3 heterocycles. The number of aromatic nitrogens is 4. The minimum atomic E-state index is 0.259. The molecule has 0 atom stereocenters. The summed E-state index contributed by atoms with van der Waals surface area (Å²) in [4.78, 5) is 16.1. The third-order valence-corrected chi connectivity index (χ3v) is 3.57. The highest BCUT2D eigenvalue weighted by molar-refractivity contribution is 5.94. The Morgan fingerprint density at radius 1 is 0.955 bits per heavy atom. The molecule has 0 amide bonds. The van der Waals surface area contributed by atoms with E-state index < -0.39 is 0 Å². The van der Waals surface area contributed by atoms with E-state index in [9.17, 15) is 0 Å². The molecule has 0 fully saturated rings. The maximum atomic E-state index is 5.90. The van der Waals surface area contributed by atoms with Crippen LogP contribution in [0.15, 0.2) is 61.1 Å². The molecule has 0 spiro atoms. The van der Waals surface area contributed by atoms with Crippen LogP contribution in [0.5, 0.6) is 0 Å². The van der Waals surface area contributed by atoms with Gasteiger partial charge in [0.25, 0.3) is 0 Å². The van der Waals surface area contributed by atoms with Gasteiger partial charge in [-0.1, -0.05) is 30.3 Å². The summed E-state index contributed by atoms with van der Waals surface area (Å²) in [6, 6.07) is 13.8. The van der Waals surface area contributed by atoms with Crippen LogP contribution >= 0.6 is 0 Å². The summed E-state index contributed by atoms with van der Waals surface area (Å²) >= 11 is 0. The molecule has 4 rings (SSSR count). The third kappa shape index (κ3) is 2.09. The van der Waals surface area contributed by atoms with Gasteiger partial charge in [-0.2, -0.15) is 0 Å². The number of nitrogen functional groups attached to an aromatic ring is 1. The van der Waals surface area contributed by atoms with Gasteiger partial charge in [0.15, 0.2) is 0 Å². The summed E-state index contributed by atoms with van der Waals surface area (Å²) in [5.74, 6) is 0.259. The zero-order chi connectivity index (χ0) is 14.9. The number of benzene rings is 1. The van der Waals surface area contributed by atoms with Gasteiger partial charge < -0.3 is 10.7 Å². The van der Waals surface area contributed by atoms with Gasteiger partial charge in [-0.25, -0.2) is 9.97 Å². The fraction of sp³-hybridized carbons (Fsp3) is 0. The Kier molecular flexibility index (Phi) is 2.83. The first-order valence-electron chi connectivity index (χ1n) is 6.93. The van der Waals surface area contributed by atoms with E-state index >= 15 is 0 Å². The first-order chi connectivity index (χ1) is 10.8. The maximum Gasteiger partial charge on any atom is 0.221 e. The summed E-state index contributed by atoms with van der Waals surface area (Å²) in [6.45, 7) is 0. The first-order valence-corrected chi connectivity index (χ1v) is 6.93. The molecule has 0 aliphatic carbocycles. The van der Waals surface area contributed by atoms with Crippen molar-refractivity contribution in [1.82, 2.24) is 19.9 Å². The number of hydrogen-bond acceptors (Lipinski definition) is 4. The lowest BCUT2D eigenvalue weighted by molar-refractivity contribution is 1.19. The van der Waals surface area contributed by atoms with Crippen LogP contribution in [-0.4, -0.2) is 19.9 Å². The second-order valence-corrected chi connectivity index (χ2v) is 4.99. The highest BCUT2D eigenvalue weighted by atomic mass is 15.0. The molecular formula is C17H13N5. The molecule has 0 radical (unpaired) electrons. The van der Waals surface area contributed by atoms with Crippen LogP contribution in [0.1, 0.15) is 0 Å². The number of pyridine rings is 1. The van der Waals surface area contributed by atoms with Gasteiger partial charge >= 0.3 is 0 Å². The van der Waals surface area contributed by atoms with Crippen LogP contribution < -0.4 is 5.73 Å². The summed E-state index contributed by atoms with van der Waals surface area (Å²) in [5.41, 5.74) is 10.5. The number of hydrogen-bond donors (Lipinski definition) is 2. The van der Waals surface area contributed by atoms with Crippen molar-refractivity contribution in [2.24, 2.45) is 0 Å². The second-order valence-electron chi connectivity index (χ2n) is 4.99. The molecular weight excluding hydrogens is 274 g/mol. The number of anilines is 1. The Hall–Kier alpha value is -3.21. The molecule has 5 nitrogen and oxygen atoms in total. The van der Waals surface area contributed by atoms with Crippen molar-refractivity contribution >= 4 is 16.9 Å². The van der Waals surface area contributed by atoms with Gasteiger partial charge in [0, 0.05) is 40.6 Å². The minimum Gasteiger partial charge on any atom is -0.368 e. The van der Waals surface area contributed by atoms with Gasteiger partial charge in [-0.15, -0.1) is 0 Å². The van der Waals surface area contributed by atoms with Gasteiger partial charge in [0.05, 0.1) is 11.4 Å². The quantitative estimate of drug-likeness (QED) is 0.593. The Morgan fingerprint density at radius 3 is 2.64 bits per heavy atom. The molecule has 22 heavy (non-hydrogen) atoms. The number of H-pyrrole nitrogens is 1.